The van der Waals surface area contributed by atoms with Crippen LogP contribution in [0.4, 0.5) is 5.69 Å². The van der Waals surface area contributed by atoms with E-state index in [2.05, 4.69) is 21.2 Å². The van der Waals surface area contributed by atoms with Crippen molar-refractivity contribution >= 4 is 33.5 Å². The van der Waals surface area contributed by atoms with E-state index in [1.807, 2.05) is 60.7 Å². The van der Waals surface area contributed by atoms with Gasteiger partial charge in [-0.2, -0.15) is 0 Å². The SMILES string of the molecule is COC(=O)c1cc(Br)ccc1NC(=O)C(c1ccccc1)c1ccccc1. The fraction of sp³-hybridized carbons (Fsp3) is 0.0909. The Morgan fingerprint density at radius 2 is 1.44 bits per heavy atom. The van der Waals surface area contributed by atoms with Gasteiger partial charge in [0, 0.05) is 4.47 Å². The van der Waals surface area contributed by atoms with Crippen molar-refractivity contribution in [3.8, 4) is 0 Å². The molecule has 0 aliphatic carbocycles. The number of hydrogen-bond acceptors (Lipinski definition) is 3. The molecule has 3 rings (SSSR count). The first kappa shape index (κ1) is 18.9. The molecule has 0 radical (unpaired) electrons. The fourth-order valence-corrected chi connectivity index (χ4v) is 3.26. The minimum Gasteiger partial charge on any atom is -0.465 e. The van der Waals surface area contributed by atoms with E-state index in [-0.39, 0.29) is 5.91 Å². The Morgan fingerprint density at radius 1 is 0.889 bits per heavy atom. The highest BCUT2D eigenvalue weighted by Crippen LogP contribution is 2.28. The van der Waals surface area contributed by atoms with Gasteiger partial charge in [0.1, 0.15) is 0 Å². The van der Waals surface area contributed by atoms with Gasteiger partial charge in [0.05, 0.1) is 24.3 Å². The summed E-state index contributed by atoms with van der Waals surface area (Å²) in [6, 6.07) is 24.2. The molecule has 0 aliphatic heterocycles. The van der Waals surface area contributed by atoms with E-state index in [0.717, 1.165) is 15.6 Å². The molecule has 0 aromatic heterocycles. The average Bonchev–Trinajstić information content (AvgIpc) is 2.70. The zero-order valence-electron chi connectivity index (χ0n) is 14.7. The molecule has 0 saturated carbocycles. The van der Waals surface area contributed by atoms with E-state index in [4.69, 9.17) is 4.74 Å². The van der Waals surface area contributed by atoms with Crippen LogP contribution in [-0.2, 0) is 9.53 Å². The van der Waals surface area contributed by atoms with Gasteiger partial charge in [-0.15, -0.1) is 0 Å². The fourth-order valence-electron chi connectivity index (χ4n) is 2.90. The molecule has 0 saturated heterocycles. The molecule has 0 atom stereocenters. The topological polar surface area (TPSA) is 55.4 Å². The summed E-state index contributed by atoms with van der Waals surface area (Å²) < 4.78 is 5.56. The third-order valence-electron chi connectivity index (χ3n) is 4.17. The predicted octanol–water partition coefficient (Wildman–Crippen LogP) is 5.01. The van der Waals surface area contributed by atoms with Gasteiger partial charge in [-0.25, -0.2) is 4.79 Å². The second kappa shape index (κ2) is 8.64. The highest BCUT2D eigenvalue weighted by molar-refractivity contribution is 9.10. The molecule has 0 unspecified atom stereocenters. The van der Waals surface area contributed by atoms with Crippen LogP contribution in [0.25, 0.3) is 0 Å². The summed E-state index contributed by atoms with van der Waals surface area (Å²) in [6.07, 6.45) is 0. The summed E-state index contributed by atoms with van der Waals surface area (Å²) in [5.41, 5.74) is 2.45. The van der Waals surface area contributed by atoms with Crippen molar-refractivity contribution in [3.63, 3.8) is 0 Å². The number of rotatable bonds is 5. The molecule has 136 valence electrons. The first-order chi connectivity index (χ1) is 13.1. The monoisotopic (exact) mass is 423 g/mol. The largest absolute Gasteiger partial charge is 0.465 e. The Labute approximate surface area is 166 Å². The van der Waals surface area contributed by atoms with E-state index >= 15 is 0 Å². The number of ether oxygens (including phenoxy) is 1. The Balaban J connectivity index is 1.98. The van der Waals surface area contributed by atoms with Crippen LogP contribution in [0.15, 0.2) is 83.3 Å². The molecule has 0 spiro atoms. The van der Waals surface area contributed by atoms with Gasteiger partial charge in [-0.05, 0) is 29.3 Å². The maximum Gasteiger partial charge on any atom is 0.340 e. The highest BCUT2D eigenvalue weighted by atomic mass is 79.9. The average molecular weight is 424 g/mol. The van der Waals surface area contributed by atoms with Crippen LogP contribution in [0, 0.1) is 0 Å². The molecule has 27 heavy (non-hydrogen) atoms. The molecule has 1 amide bonds. The maximum atomic E-state index is 13.2. The molecule has 0 bridgehead atoms. The van der Waals surface area contributed by atoms with E-state index in [1.165, 1.54) is 7.11 Å². The zero-order chi connectivity index (χ0) is 19.2. The number of carbonyl (C=O) groups is 2. The third-order valence-corrected chi connectivity index (χ3v) is 4.67. The van der Waals surface area contributed by atoms with Gasteiger partial charge in [0.15, 0.2) is 0 Å². The molecule has 0 aliphatic rings. The lowest BCUT2D eigenvalue weighted by molar-refractivity contribution is -0.116. The summed E-state index contributed by atoms with van der Waals surface area (Å²) >= 11 is 3.34. The number of nitrogens with one attached hydrogen (secondary N) is 1. The Hall–Kier alpha value is -2.92. The van der Waals surface area contributed by atoms with Crippen LogP contribution in [-0.4, -0.2) is 19.0 Å². The number of amides is 1. The Kier molecular flexibility index (Phi) is 6.04. The molecule has 0 heterocycles. The van der Waals surface area contributed by atoms with Gasteiger partial charge in [-0.1, -0.05) is 76.6 Å². The van der Waals surface area contributed by atoms with Crippen molar-refractivity contribution < 1.29 is 14.3 Å². The highest BCUT2D eigenvalue weighted by Gasteiger charge is 2.24. The molecular formula is C22H18BrNO3. The normalized spacial score (nSPS) is 10.5. The maximum absolute atomic E-state index is 13.2. The number of halogens is 1. The second-order valence-corrected chi connectivity index (χ2v) is 6.84. The predicted molar refractivity (Wildman–Crippen MR) is 109 cm³/mol. The standard InChI is InChI=1S/C22H18BrNO3/c1-27-22(26)18-14-17(23)12-13-19(18)24-21(25)20(15-8-4-2-5-9-15)16-10-6-3-7-11-16/h2-14,20H,1H3,(H,24,25). The molecule has 0 fully saturated rings. The summed E-state index contributed by atoms with van der Waals surface area (Å²) in [4.78, 5) is 25.3. The van der Waals surface area contributed by atoms with Crippen molar-refractivity contribution in [3.05, 3.63) is 100 Å². The van der Waals surface area contributed by atoms with Crippen molar-refractivity contribution in [1.82, 2.24) is 0 Å². The zero-order valence-corrected chi connectivity index (χ0v) is 16.3. The number of carbonyl (C=O) groups excluding carboxylic acids is 2. The first-order valence-corrected chi connectivity index (χ1v) is 9.18. The molecule has 3 aromatic carbocycles. The van der Waals surface area contributed by atoms with Crippen LogP contribution in [0.2, 0.25) is 0 Å². The number of anilines is 1. The minimum absolute atomic E-state index is 0.222. The summed E-state index contributed by atoms with van der Waals surface area (Å²) in [6.45, 7) is 0. The van der Waals surface area contributed by atoms with Crippen LogP contribution >= 0.6 is 15.9 Å². The number of esters is 1. The Morgan fingerprint density at radius 3 is 1.96 bits per heavy atom. The lowest BCUT2D eigenvalue weighted by Gasteiger charge is -2.19. The molecule has 3 aromatic rings. The van der Waals surface area contributed by atoms with Gasteiger partial charge in [-0.3, -0.25) is 4.79 Å². The second-order valence-electron chi connectivity index (χ2n) is 5.93. The minimum atomic E-state index is -0.512. The number of hydrogen-bond donors (Lipinski definition) is 1. The molecule has 1 N–H and O–H groups in total. The van der Waals surface area contributed by atoms with Crippen LogP contribution in [0.3, 0.4) is 0 Å². The van der Waals surface area contributed by atoms with E-state index in [1.54, 1.807) is 18.2 Å². The van der Waals surface area contributed by atoms with E-state index < -0.39 is 11.9 Å². The van der Waals surface area contributed by atoms with Crippen molar-refractivity contribution in [2.75, 3.05) is 12.4 Å². The van der Waals surface area contributed by atoms with Crippen molar-refractivity contribution in [2.45, 2.75) is 5.92 Å². The summed E-state index contributed by atoms with van der Waals surface area (Å²) in [5, 5.41) is 2.89. The van der Waals surface area contributed by atoms with Gasteiger partial charge >= 0.3 is 5.97 Å². The number of benzene rings is 3. The quantitative estimate of drug-likeness (QED) is 0.586. The smallest absolute Gasteiger partial charge is 0.340 e. The molecule has 5 heteroatoms. The van der Waals surface area contributed by atoms with Gasteiger partial charge < -0.3 is 10.1 Å². The molecule has 4 nitrogen and oxygen atoms in total. The van der Waals surface area contributed by atoms with Crippen molar-refractivity contribution in [2.24, 2.45) is 0 Å². The van der Waals surface area contributed by atoms with Gasteiger partial charge in [0.2, 0.25) is 5.91 Å². The summed E-state index contributed by atoms with van der Waals surface area (Å²) in [7, 11) is 1.31. The lowest BCUT2D eigenvalue weighted by Crippen LogP contribution is -2.23. The first-order valence-electron chi connectivity index (χ1n) is 8.39. The third kappa shape index (κ3) is 4.44. The van der Waals surface area contributed by atoms with Crippen molar-refractivity contribution in [1.29, 1.82) is 0 Å². The lowest BCUT2D eigenvalue weighted by atomic mass is 9.90. The van der Waals surface area contributed by atoms with Crippen LogP contribution in [0.1, 0.15) is 27.4 Å². The summed E-state index contributed by atoms with van der Waals surface area (Å²) in [5.74, 6) is -1.23. The Bertz CT molecular complexity index is 903. The number of methoxy groups -OCH3 is 1. The van der Waals surface area contributed by atoms with Crippen LogP contribution < -0.4 is 5.32 Å². The van der Waals surface area contributed by atoms with Crippen LogP contribution in [0.5, 0.6) is 0 Å². The molecular weight excluding hydrogens is 406 g/mol. The van der Waals surface area contributed by atoms with E-state index in [0.29, 0.717) is 11.3 Å². The van der Waals surface area contributed by atoms with E-state index in [9.17, 15) is 9.59 Å². The van der Waals surface area contributed by atoms with Gasteiger partial charge in [0.25, 0.3) is 0 Å².